The van der Waals surface area contributed by atoms with Gasteiger partial charge < -0.3 is 24.8 Å². The van der Waals surface area contributed by atoms with Crippen LogP contribution in [0, 0.1) is 0 Å². The molecule has 0 aliphatic carbocycles. The van der Waals surface area contributed by atoms with Crippen LogP contribution in [-0.4, -0.2) is 78.6 Å². The first-order chi connectivity index (χ1) is 13.0. The van der Waals surface area contributed by atoms with Crippen molar-refractivity contribution in [1.82, 2.24) is 20.1 Å². The molecule has 2 N–H and O–H groups in total. The summed E-state index contributed by atoms with van der Waals surface area (Å²) in [6.45, 7) is 4.76. The topological polar surface area (TPSA) is 94.7 Å². The predicted octanol–water partition coefficient (Wildman–Crippen LogP) is 0.471. The molecule has 2 fully saturated rings. The monoisotopic (exact) mass is 396 g/mol. The molecule has 0 unspecified atom stereocenters. The third kappa shape index (κ3) is 5.31. The number of amides is 2. The van der Waals surface area contributed by atoms with Crippen molar-refractivity contribution in [2.45, 2.75) is 25.3 Å². The molecule has 3 heterocycles. The van der Waals surface area contributed by atoms with E-state index in [1.165, 1.54) is 25.1 Å². The first-order valence-electron chi connectivity index (χ1n) is 9.30. The van der Waals surface area contributed by atoms with Gasteiger partial charge in [0.1, 0.15) is 5.02 Å². The molecule has 8 nitrogen and oxygen atoms in total. The summed E-state index contributed by atoms with van der Waals surface area (Å²) >= 11 is 5.82. The molecule has 0 saturated carbocycles. The Hall–Kier alpha value is -1.90. The van der Waals surface area contributed by atoms with Crippen molar-refractivity contribution in [2.24, 2.45) is 0 Å². The van der Waals surface area contributed by atoms with Crippen LogP contribution in [-0.2, 0) is 9.53 Å². The number of hydrogen-bond acceptors (Lipinski definition) is 5. The van der Waals surface area contributed by atoms with Crippen molar-refractivity contribution >= 4 is 23.4 Å². The quantitative estimate of drug-likeness (QED) is 0.729. The van der Waals surface area contributed by atoms with Crippen LogP contribution in [0.5, 0.6) is 0 Å². The van der Waals surface area contributed by atoms with Gasteiger partial charge in [0.05, 0.1) is 24.8 Å². The smallest absolute Gasteiger partial charge is 0.266 e. The molecule has 0 aromatic carbocycles. The molecule has 148 valence electrons. The third-order valence-corrected chi connectivity index (χ3v) is 5.24. The van der Waals surface area contributed by atoms with E-state index in [9.17, 15) is 14.4 Å². The third-order valence-electron chi connectivity index (χ3n) is 4.96. The van der Waals surface area contributed by atoms with Crippen LogP contribution >= 0.6 is 11.6 Å². The molecule has 2 amide bonds. The van der Waals surface area contributed by atoms with Gasteiger partial charge in [-0.25, -0.2) is 0 Å². The van der Waals surface area contributed by atoms with E-state index >= 15 is 0 Å². The molecule has 2 saturated heterocycles. The second-order valence-electron chi connectivity index (χ2n) is 6.90. The summed E-state index contributed by atoms with van der Waals surface area (Å²) in [6.07, 6.45) is 3.97. The fourth-order valence-corrected chi connectivity index (χ4v) is 3.65. The van der Waals surface area contributed by atoms with Gasteiger partial charge in [-0.3, -0.25) is 14.4 Å². The Bertz CT molecular complexity index is 732. The van der Waals surface area contributed by atoms with E-state index in [-0.39, 0.29) is 29.3 Å². The molecule has 2 aliphatic rings. The highest BCUT2D eigenvalue weighted by Gasteiger charge is 2.30. The number of morpholine rings is 1. The van der Waals surface area contributed by atoms with Crippen LogP contribution < -0.4 is 10.9 Å². The Balaban J connectivity index is 1.55. The summed E-state index contributed by atoms with van der Waals surface area (Å²) in [5.74, 6) is -0.367. The lowest BCUT2D eigenvalue weighted by Crippen LogP contribution is -2.50. The molecule has 3 rings (SSSR count). The Labute approximate surface area is 162 Å². The lowest BCUT2D eigenvalue weighted by atomic mass is 10.1. The molecule has 0 bridgehead atoms. The summed E-state index contributed by atoms with van der Waals surface area (Å²) in [7, 11) is 0. The van der Waals surface area contributed by atoms with E-state index in [0.717, 1.165) is 19.6 Å². The zero-order valence-electron chi connectivity index (χ0n) is 15.2. The minimum atomic E-state index is -0.441. The highest BCUT2D eigenvalue weighted by molar-refractivity contribution is 6.30. The Morgan fingerprint density at radius 3 is 2.81 bits per heavy atom. The van der Waals surface area contributed by atoms with E-state index in [1.54, 1.807) is 4.90 Å². The van der Waals surface area contributed by atoms with Gasteiger partial charge in [-0.15, -0.1) is 0 Å². The van der Waals surface area contributed by atoms with Gasteiger partial charge >= 0.3 is 0 Å². The number of pyridine rings is 1. The van der Waals surface area contributed by atoms with Crippen LogP contribution in [0.2, 0.25) is 5.02 Å². The second-order valence-corrected chi connectivity index (χ2v) is 7.30. The van der Waals surface area contributed by atoms with Crippen molar-refractivity contribution in [3.05, 3.63) is 33.2 Å². The summed E-state index contributed by atoms with van der Waals surface area (Å²) < 4.78 is 5.46. The number of H-pyrrole nitrogens is 1. The highest BCUT2D eigenvalue weighted by atomic mass is 35.5. The maximum absolute atomic E-state index is 12.8. The minimum Gasteiger partial charge on any atom is -0.377 e. The molecular formula is C18H25ClN4O4. The summed E-state index contributed by atoms with van der Waals surface area (Å²) in [4.78, 5) is 42.9. The molecule has 1 aromatic heterocycles. The Morgan fingerprint density at radius 2 is 2.07 bits per heavy atom. The van der Waals surface area contributed by atoms with Gasteiger partial charge in [0.25, 0.3) is 11.5 Å². The van der Waals surface area contributed by atoms with Crippen molar-refractivity contribution in [2.75, 3.05) is 45.9 Å². The summed E-state index contributed by atoms with van der Waals surface area (Å²) in [6, 6.07) is 1.01. The maximum Gasteiger partial charge on any atom is 0.266 e. The lowest BCUT2D eigenvalue weighted by Gasteiger charge is -2.35. The minimum absolute atomic E-state index is 0.0367. The first-order valence-corrected chi connectivity index (χ1v) is 9.68. The van der Waals surface area contributed by atoms with Crippen molar-refractivity contribution < 1.29 is 14.3 Å². The highest BCUT2D eigenvalue weighted by Crippen LogP contribution is 2.16. The van der Waals surface area contributed by atoms with Crippen LogP contribution in [0.4, 0.5) is 0 Å². The van der Waals surface area contributed by atoms with Crippen LogP contribution in [0.25, 0.3) is 0 Å². The number of carbonyl (C=O) groups is 2. The number of rotatable bonds is 6. The SMILES string of the molecule is O=C(C[C@H]1COCCN1C(=O)c1c[nH]c(=O)c(Cl)c1)NCCN1CCCC1. The number of nitrogens with zero attached hydrogens (tertiary/aromatic N) is 2. The van der Waals surface area contributed by atoms with Crippen LogP contribution in [0.1, 0.15) is 29.6 Å². The lowest BCUT2D eigenvalue weighted by molar-refractivity contribution is -0.123. The molecule has 0 radical (unpaired) electrons. The normalized spacial score (nSPS) is 20.6. The van der Waals surface area contributed by atoms with Crippen molar-refractivity contribution in [3.8, 4) is 0 Å². The second kappa shape index (κ2) is 9.34. The number of halogens is 1. The summed E-state index contributed by atoms with van der Waals surface area (Å²) in [5, 5.41) is 2.89. The van der Waals surface area contributed by atoms with Gasteiger partial charge in [0, 0.05) is 32.3 Å². The van der Waals surface area contributed by atoms with E-state index in [0.29, 0.717) is 31.9 Å². The maximum atomic E-state index is 12.8. The standard InChI is InChI=1S/C18H25ClN4O4/c19-15-9-13(11-21-17(15)25)18(26)23-7-8-27-12-14(23)10-16(24)20-3-6-22-4-1-2-5-22/h9,11,14H,1-8,10,12H2,(H,20,24)(H,21,25)/t14-/m0/s1. The number of aromatic amines is 1. The Morgan fingerprint density at radius 1 is 1.30 bits per heavy atom. The molecule has 2 aliphatic heterocycles. The fourth-order valence-electron chi connectivity index (χ4n) is 3.48. The van der Waals surface area contributed by atoms with Crippen molar-refractivity contribution in [1.29, 1.82) is 0 Å². The zero-order valence-corrected chi connectivity index (χ0v) is 16.0. The number of carbonyl (C=O) groups excluding carboxylic acids is 2. The van der Waals surface area contributed by atoms with Gasteiger partial charge in [0.15, 0.2) is 0 Å². The first kappa shape index (κ1) is 19.9. The fraction of sp³-hybridized carbons (Fsp3) is 0.611. The van der Waals surface area contributed by atoms with Gasteiger partial charge in [-0.05, 0) is 32.0 Å². The zero-order chi connectivity index (χ0) is 19.2. The van der Waals surface area contributed by atoms with Gasteiger partial charge in [0.2, 0.25) is 5.91 Å². The van der Waals surface area contributed by atoms with Gasteiger partial charge in [-0.1, -0.05) is 11.6 Å². The largest absolute Gasteiger partial charge is 0.377 e. The van der Waals surface area contributed by atoms with E-state index < -0.39 is 5.56 Å². The number of likely N-dealkylation sites (tertiary alicyclic amines) is 1. The Kier molecular flexibility index (Phi) is 6.87. The number of nitrogens with one attached hydrogen (secondary N) is 2. The van der Waals surface area contributed by atoms with Gasteiger partial charge in [-0.2, -0.15) is 0 Å². The van der Waals surface area contributed by atoms with E-state index in [4.69, 9.17) is 16.3 Å². The molecule has 1 atom stereocenters. The average Bonchev–Trinajstić information content (AvgIpc) is 3.17. The molecule has 27 heavy (non-hydrogen) atoms. The molecular weight excluding hydrogens is 372 g/mol. The predicted molar refractivity (Wildman–Crippen MR) is 101 cm³/mol. The molecule has 9 heteroatoms. The average molecular weight is 397 g/mol. The van der Waals surface area contributed by atoms with E-state index in [1.807, 2.05) is 0 Å². The molecule has 0 spiro atoms. The van der Waals surface area contributed by atoms with Crippen LogP contribution in [0.3, 0.4) is 0 Å². The number of aromatic nitrogens is 1. The van der Waals surface area contributed by atoms with E-state index in [2.05, 4.69) is 15.2 Å². The van der Waals surface area contributed by atoms with Crippen molar-refractivity contribution in [3.63, 3.8) is 0 Å². The number of ether oxygens (including phenoxy) is 1. The number of hydrogen-bond donors (Lipinski definition) is 2. The molecule has 1 aromatic rings. The van der Waals surface area contributed by atoms with Crippen LogP contribution in [0.15, 0.2) is 17.1 Å². The summed E-state index contributed by atoms with van der Waals surface area (Å²) in [5.41, 5.74) is -0.148.